The Bertz CT molecular complexity index is 372. The molecule has 96 valence electrons. The summed E-state index contributed by atoms with van der Waals surface area (Å²) in [5, 5.41) is 3.78. The number of nitrogens with one attached hydrogen (secondary N) is 1. The second-order valence-electron chi connectivity index (χ2n) is 5.50. The van der Waals surface area contributed by atoms with Crippen molar-refractivity contribution in [3.05, 3.63) is 19.4 Å². The highest BCUT2D eigenvalue weighted by Gasteiger charge is 2.22. The normalized spacial score (nSPS) is 21.6. The van der Waals surface area contributed by atoms with E-state index in [1.54, 1.807) is 10.4 Å². The Labute approximate surface area is 123 Å². The topological polar surface area (TPSA) is 12.0 Å². The van der Waals surface area contributed by atoms with E-state index in [1.807, 2.05) is 11.3 Å². The van der Waals surface area contributed by atoms with Crippen molar-refractivity contribution in [2.75, 3.05) is 6.54 Å². The van der Waals surface area contributed by atoms with Crippen molar-refractivity contribution in [3.63, 3.8) is 0 Å². The van der Waals surface area contributed by atoms with Crippen molar-refractivity contribution in [3.8, 4) is 0 Å². The van der Waals surface area contributed by atoms with Gasteiger partial charge in [0.05, 0.1) is 2.88 Å². The molecule has 0 fully saturated rings. The minimum Gasteiger partial charge on any atom is -0.310 e. The third-order valence-corrected chi connectivity index (χ3v) is 5.88. The lowest BCUT2D eigenvalue weighted by molar-refractivity contribution is 0.355. The molecule has 2 unspecified atom stereocenters. The van der Waals surface area contributed by atoms with E-state index < -0.39 is 0 Å². The quantitative estimate of drug-likeness (QED) is 0.771. The number of thiophene rings is 1. The summed E-state index contributed by atoms with van der Waals surface area (Å²) < 4.78 is 1.44. The second kappa shape index (κ2) is 6.02. The fraction of sp³-hybridized carbons (Fsp3) is 0.714. The fourth-order valence-electron chi connectivity index (χ4n) is 2.30. The predicted molar refractivity (Wildman–Crippen MR) is 84.7 cm³/mol. The summed E-state index contributed by atoms with van der Waals surface area (Å²) in [7, 11) is 0. The Morgan fingerprint density at radius 1 is 1.47 bits per heavy atom. The van der Waals surface area contributed by atoms with Gasteiger partial charge in [0.25, 0.3) is 0 Å². The molecular weight excluding hydrogens is 341 g/mol. The molecule has 2 atom stereocenters. The van der Waals surface area contributed by atoms with Crippen LogP contribution in [0.1, 0.15) is 50.1 Å². The summed E-state index contributed by atoms with van der Waals surface area (Å²) in [4.78, 5) is 1.62. The van der Waals surface area contributed by atoms with Crippen molar-refractivity contribution >= 4 is 33.9 Å². The molecule has 1 heterocycles. The average Bonchev–Trinajstić information content (AvgIpc) is 2.66. The molecule has 0 saturated heterocycles. The number of hydrogen-bond acceptors (Lipinski definition) is 2. The van der Waals surface area contributed by atoms with Crippen LogP contribution in [0.3, 0.4) is 0 Å². The van der Waals surface area contributed by atoms with Gasteiger partial charge in [-0.3, -0.25) is 0 Å². The highest BCUT2D eigenvalue weighted by molar-refractivity contribution is 14.1. The van der Waals surface area contributed by atoms with Crippen LogP contribution in [0.5, 0.6) is 0 Å². The first kappa shape index (κ1) is 13.8. The third kappa shape index (κ3) is 3.44. The zero-order chi connectivity index (χ0) is 12.4. The summed E-state index contributed by atoms with van der Waals surface area (Å²) >= 11 is 4.44. The second-order valence-corrected chi connectivity index (χ2v) is 8.53. The molecule has 1 N–H and O–H groups in total. The highest BCUT2D eigenvalue weighted by Crippen LogP contribution is 2.36. The van der Waals surface area contributed by atoms with Crippen LogP contribution in [-0.2, 0) is 6.42 Å². The van der Waals surface area contributed by atoms with Gasteiger partial charge in [0.2, 0.25) is 0 Å². The lowest BCUT2D eigenvalue weighted by Crippen LogP contribution is -2.30. The van der Waals surface area contributed by atoms with Gasteiger partial charge in [0.15, 0.2) is 0 Å². The maximum Gasteiger partial charge on any atom is 0.0659 e. The molecule has 0 spiro atoms. The van der Waals surface area contributed by atoms with Crippen LogP contribution in [0, 0.1) is 14.7 Å². The highest BCUT2D eigenvalue weighted by atomic mass is 127. The molecule has 0 aromatic carbocycles. The molecule has 0 saturated carbocycles. The molecule has 0 radical (unpaired) electrons. The molecule has 1 aromatic heterocycles. The first-order valence-electron chi connectivity index (χ1n) is 6.59. The Morgan fingerprint density at radius 2 is 2.24 bits per heavy atom. The van der Waals surface area contributed by atoms with Crippen LogP contribution >= 0.6 is 33.9 Å². The molecule has 17 heavy (non-hydrogen) atoms. The van der Waals surface area contributed by atoms with Crippen LogP contribution in [0.2, 0.25) is 0 Å². The molecule has 0 amide bonds. The molecule has 1 aliphatic carbocycles. The molecule has 0 bridgehead atoms. The predicted octanol–water partition coefficient (Wildman–Crippen LogP) is 4.61. The van der Waals surface area contributed by atoms with Crippen LogP contribution in [0.25, 0.3) is 0 Å². The van der Waals surface area contributed by atoms with E-state index in [0.717, 1.165) is 18.4 Å². The number of rotatable bonds is 4. The van der Waals surface area contributed by atoms with Crippen molar-refractivity contribution in [2.24, 2.45) is 11.8 Å². The smallest absolute Gasteiger partial charge is 0.0659 e. The molecule has 1 aliphatic rings. The molecular formula is C14H22INS. The summed E-state index contributed by atoms with van der Waals surface area (Å²) in [6.45, 7) is 8.12. The van der Waals surface area contributed by atoms with Crippen molar-refractivity contribution in [1.29, 1.82) is 0 Å². The molecule has 2 rings (SSSR count). The van der Waals surface area contributed by atoms with Crippen molar-refractivity contribution in [1.82, 2.24) is 5.32 Å². The van der Waals surface area contributed by atoms with Crippen LogP contribution in [0.4, 0.5) is 0 Å². The zero-order valence-corrected chi connectivity index (χ0v) is 13.9. The molecule has 1 aromatic rings. The van der Waals surface area contributed by atoms with Crippen LogP contribution in [-0.4, -0.2) is 6.54 Å². The van der Waals surface area contributed by atoms with Crippen LogP contribution in [0.15, 0.2) is 6.07 Å². The lowest BCUT2D eigenvalue weighted by atomic mass is 9.92. The standard InChI is InChI=1S/C14H22INS/c1-9(2)10(3)8-16-12-5-4-6-13-11(12)7-14(15)17-13/h7,9-10,12,16H,4-6,8H2,1-3H3. The Hall–Kier alpha value is 0.390. The van der Waals surface area contributed by atoms with E-state index >= 15 is 0 Å². The third-order valence-electron chi connectivity index (χ3n) is 3.91. The van der Waals surface area contributed by atoms with Gasteiger partial charge < -0.3 is 5.32 Å². The van der Waals surface area contributed by atoms with E-state index in [0.29, 0.717) is 6.04 Å². The van der Waals surface area contributed by atoms with E-state index in [4.69, 9.17) is 0 Å². The summed E-state index contributed by atoms with van der Waals surface area (Å²) in [5.41, 5.74) is 1.58. The molecule has 1 nitrogen and oxygen atoms in total. The maximum atomic E-state index is 3.78. The van der Waals surface area contributed by atoms with E-state index in [9.17, 15) is 0 Å². The first-order chi connectivity index (χ1) is 8.08. The number of halogens is 1. The Balaban J connectivity index is 1.99. The Kier molecular flexibility index (Phi) is 4.89. The lowest BCUT2D eigenvalue weighted by Gasteiger charge is -2.26. The maximum absolute atomic E-state index is 3.78. The van der Waals surface area contributed by atoms with Crippen LogP contribution < -0.4 is 5.32 Å². The Morgan fingerprint density at radius 3 is 2.94 bits per heavy atom. The fourth-order valence-corrected chi connectivity index (χ4v) is 4.42. The number of fused-ring (bicyclic) bond motifs is 1. The van der Waals surface area contributed by atoms with E-state index in [1.165, 1.54) is 22.1 Å². The summed E-state index contributed by atoms with van der Waals surface area (Å²) in [6.07, 6.45) is 3.95. The van der Waals surface area contributed by atoms with Gasteiger partial charge in [0, 0.05) is 10.9 Å². The number of aryl methyl sites for hydroxylation is 1. The van der Waals surface area contributed by atoms with Crippen molar-refractivity contribution < 1.29 is 0 Å². The van der Waals surface area contributed by atoms with E-state index in [-0.39, 0.29) is 0 Å². The van der Waals surface area contributed by atoms with Gasteiger partial charge in [-0.05, 0) is 71.9 Å². The minimum absolute atomic E-state index is 0.611. The first-order valence-corrected chi connectivity index (χ1v) is 8.49. The zero-order valence-electron chi connectivity index (χ0n) is 10.9. The van der Waals surface area contributed by atoms with Gasteiger partial charge in [-0.25, -0.2) is 0 Å². The monoisotopic (exact) mass is 363 g/mol. The van der Waals surface area contributed by atoms with Gasteiger partial charge in [-0.15, -0.1) is 11.3 Å². The molecule has 3 heteroatoms. The van der Waals surface area contributed by atoms with Gasteiger partial charge >= 0.3 is 0 Å². The minimum atomic E-state index is 0.611. The average molecular weight is 363 g/mol. The summed E-state index contributed by atoms with van der Waals surface area (Å²) in [6, 6.07) is 3.00. The SMILES string of the molecule is CC(C)C(C)CNC1CCCc2sc(I)cc21. The summed E-state index contributed by atoms with van der Waals surface area (Å²) in [5.74, 6) is 1.53. The van der Waals surface area contributed by atoms with Crippen molar-refractivity contribution in [2.45, 2.75) is 46.1 Å². The van der Waals surface area contributed by atoms with Gasteiger partial charge in [0.1, 0.15) is 0 Å². The largest absolute Gasteiger partial charge is 0.310 e. The van der Waals surface area contributed by atoms with Gasteiger partial charge in [-0.2, -0.15) is 0 Å². The van der Waals surface area contributed by atoms with E-state index in [2.05, 4.69) is 54.7 Å². The number of hydrogen-bond donors (Lipinski definition) is 1. The van der Waals surface area contributed by atoms with Gasteiger partial charge in [-0.1, -0.05) is 20.8 Å². The molecule has 0 aliphatic heterocycles.